The summed E-state index contributed by atoms with van der Waals surface area (Å²) < 4.78 is 24.3. The van der Waals surface area contributed by atoms with Gasteiger partial charge in [-0.25, -0.2) is 8.42 Å². The van der Waals surface area contributed by atoms with Crippen LogP contribution in [0.3, 0.4) is 0 Å². The molecule has 1 N–H and O–H groups in total. The first kappa shape index (κ1) is 15.7. The number of hydrogen-bond donors (Lipinski definition) is 1. The van der Waals surface area contributed by atoms with Crippen molar-refractivity contribution in [2.24, 2.45) is 0 Å². The molecule has 2 aromatic rings. The number of halogens is 1. The summed E-state index contributed by atoms with van der Waals surface area (Å²) in [7, 11) is -1.28. The highest BCUT2D eigenvalue weighted by molar-refractivity contribution is 9.10. The Morgan fingerprint density at radius 1 is 1.35 bits per heavy atom. The molecule has 0 amide bonds. The van der Waals surface area contributed by atoms with E-state index in [1.54, 1.807) is 29.5 Å². The van der Waals surface area contributed by atoms with Gasteiger partial charge in [0.25, 0.3) is 0 Å². The lowest BCUT2D eigenvalue weighted by molar-refractivity contribution is 0.590. The minimum absolute atomic E-state index is 0.0993. The van der Waals surface area contributed by atoms with E-state index in [1.807, 2.05) is 13.1 Å². The van der Waals surface area contributed by atoms with Crippen molar-refractivity contribution in [1.82, 2.24) is 5.32 Å². The lowest BCUT2D eigenvalue weighted by Crippen LogP contribution is -2.18. The third-order valence-electron chi connectivity index (χ3n) is 3.06. The Balaban J connectivity index is 2.28. The van der Waals surface area contributed by atoms with Crippen molar-refractivity contribution >= 4 is 37.1 Å². The highest BCUT2D eigenvalue weighted by Crippen LogP contribution is 2.26. The number of nitrogens with one attached hydrogen (secondary N) is 1. The second-order valence-electron chi connectivity index (χ2n) is 4.62. The van der Waals surface area contributed by atoms with Crippen LogP contribution in [0.4, 0.5) is 0 Å². The maximum atomic E-state index is 11.6. The lowest BCUT2D eigenvalue weighted by Gasteiger charge is -2.16. The highest BCUT2D eigenvalue weighted by Gasteiger charge is 2.14. The molecular formula is C14H16BrNO2S2. The van der Waals surface area contributed by atoms with Crippen LogP contribution in [0.5, 0.6) is 0 Å². The average molecular weight is 374 g/mol. The minimum Gasteiger partial charge on any atom is -0.313 e. The second kappa shape index (κ2) is 6.39. The molecule has 0 aliphatic heterocycles. The first-order chi connectivity index (χ1) is 9.40. The van der Waals surface area contributed by atoms with Crippen LogP contribution in [0.15, 0.2) is 45.1 Å². The van der Waals surface area contributed by atoms with E-state index in [0.717, 1.165) is 16.5 Å². The third-order valence-corrected chi connectivity index (χ3v) is 5.89. The molecule has 0 aliphatic rings. The number of rotatable bonds is 5. The predicted octanol–water partition coefficient (Wildman–Crippen LogP) is 3.42. The molecule has 0 fully saturated rings. The summed E-state index contributed by atoms with van der Waals surface area (Å²) >= 11 is 5.14. The Hall–Kier alpha value is -0.690. The fourth-order valence-corrected chi connectivity index (χ4v) is 4.18. The zero-order valence-electron chi connectivity index (χ0n) is 11.3. The number of hydrogen-bond acceptors (Lipinski definition) is 4. The minimum atomic E-state index is -3.17. The summed E-state index contributed by atoms with van der Waals surface area (Å²) in [6, 6.07) is 9.32. The van der Waals surface area contributed by atoms with Crippen LogP contribution >= 0.6 is 27.3 Å². The van der Waals surface area contributed by atoms with Crippen LogP contribution in [-0.4, -0.2) is 21.7 Å². The fraction of sp³-hybridized carbons (Fsp3) is 0.286. The number of benzene rings is 1. The van der Waals surface area contributed by atoms with Gasteiger partial charge in [0.15, 0.2) is 9.84 Å². The SMILES string of the molecule is CNC(Cc1cc(Br)cs1)c1cccc(S(C)(=O)=O)c1. The van der Waals surface area contributed by atoms with Gasteiger partial charge in [-0.15, -0.1) is 11.3 Å². The molecule has 0 aliphatic carbocycles. The Morgan fingerprint density at radius 2 is 2.10 bits per heavy atom. The molecule has 1 atom stereocenters. The first-order valence-electron chi connectivity index (χ1n) is 6.10. The van der Waals surface area contributed by atoms with E-state index in [9.17, 15) is 8.42 Å². The predicted molar refractivity (Wildman–Crippen MR) is 87.1 cm³/mol. The average Bonchev–Trinajstić information content (AvgIpc) is 2.81. The van der Waals surface area contributed by atoms with Crippen molar-refractivity contribution in [2.45, 2.75) is 17.4 Å². The van der Waals surface area contributed by atoms with Gasteiger partial charge in [0.1, 0.15) is 0 Å². The van der Waals surface area contributed by atoms with E-state index in [4.69, 9.17) is 0 Å². The van der Waals surface area contributed by atoms with Crippen LogP contribution in [0.25, 0.3) is 0 Å². The third kappa shape index (κ3) is 3.91. The molecule has 20 heavy (non-hydrogen) atoms. The Labute approximate surface area is 132 Å². The van der Waals surface area contributed by atoms with Gasteiger partial charge in [0.2, 0.25) is 0 Å². The van der Waals surface area contributed by atoms with Gasteiger partial charge in [-0.2, -0.15) is 0 Å². The van der Waals surface area contributed by atoms with Crippen LogP contribution in [0.1, 0.15) is 16.5 Å². The summed E-state index contributed by atoms with van der Waals surface area (Å²) in [5, 5.41) is 5.30. The second-order valence-corrected chi connectivity index (χ2v) is 8.55. The zero-order chi connectivity index (χ0) is 14.8. The van der Waals surface area contributed by atoms with Gasteiger partial charge in [0, 0.05) is 33.4 Å². The number of thiophene rings is 1. The summed E-state index contributed by atoms with van der Waals surface area (Å²) in [5.74, 6) is 0. The van der Waals surface area contributed by atoms with Crippen LogP contribution < -0.4 is 5.32 Å². The van der Waals surface area contributed by atoms with Crippen LogP contribution in [-0.2, 0) is 16.3 Å². The molecule has 2 rings (SSSR count). The molecule has 1 aromatic carbocycles. The van der Waals surface area contributed by atoms with Crippen molar-refractivity contribution in [1.29, 1.82) is 0 Å². The normalized spacial score (nSPS) is 13.3. The highest BCUT2D eigenvalue weighted by atomic mass is 79.9. The molecule has 1 aromatic heterocycles. The molecule has 1 unspecified atom stereocenters. The molecule has 0 spiro atoms. The van der Waals surface area contributed by atoms with Crippen molar-refractivity contribution in [3.63, 3.8) is 0 Å². The van der Waals surface area contributed by atoms with Crippen LogP contribution in [0.2, 0.25) is 0 Å². The van der Waals surface area contributed by atoms with Gasteiger partial charge < -0.3 is 5.32 Å². The molecule has 0 bridgehead atoms. The Morgan fingerprint density at radius 3 is 2.65 bits per heavy atom. The van der Waals surface area contributed by atoms with E-state index < -0.39 is 9.84 Å². The summed E-state index contributed by atoms with van der Waals surface area (Å²) in [4.78, 5) is 1.61. The lowest BCUT2D eigenvalue weighted by atomic mass is 10.0. The molecule has 1 heterocycles. The Kier molecular flexibility index (Phi) is 5.01. The summed E-state index contributed by atoms with van der Waals surface area (Å²) in [6.07, 6.45) is 2.07. The van der Waals surface area contributed by atoms with Gasteiger partial charge in [-0.3, -0.25) is 0 Å². The maximum Gasteiger partial charge on any atom is 0.175 e. The van der Waals surface area contributed by atoms with Crippen molar-refractivity contribution in [3.8, 4) is 0 Å². The van der Waals surface area contributed by atoms with Gasteiger partial charge in [-0.05, 0) is 46.7 Å². The smallest absolute Gasteiger partial charge is 0.175 e. The molecule has 6 heteroatoms. The molecule has 108 valence electrons. The van der Waals surface area contributed by atoms with Gasteiger partial charge >= 0.3 is 0 Å². The zero-order valence-corrected chi connectivity index (χ0v) is 14.5. The molecular weight excluding hydrogens is 358 g/mol. The van der Waals surface area contributed by atoms with Crippen molar-refractivity contribution < 1.29 is 8.42 Å². The molecule has 0 radical (unpaired) electrons. The van der Waals surface area contributed by atoms with Crippen molar-refractivity contribution in [2.75, 3.05) is 13.3 Å². The monoisotopic (exact) mass is 373 g/mol. The van der Waals surface area contributed by atoms with E-state index >= 15 is 0 Å². The van der Waals surface area contributed by atoms with Gasteiger partial charge in [-0.1, -0.05) is 12.1 Å². The summed E-state index contributed by atoms with van der Waals surface area (Å²) in [5.41, 5.74) is 0.986. The molecule has 3 nitrogen and oxygen atoms in total. The first-order valence-corrected chi connectivity index (χ1v) is 9.67. The Bertz CT molecular complexity index is 695. The number of sulfone groups is 1. The quantitative estimate of drug-likeness (QED) is 0.873. The molecule has 0 saturated heterocycles. The van der Waals surface area contributed by atoms with Gasteiger partial charge in [0.05, 0.1) is 4.90 Å². The van der Waals surface area contributed by atoms with E-state index in [1.165, 1.54) is 11.1 Å². The standard InChI is InChI=1S/C14H16BrNO2S2/c1-16-14(8-12-7-11(15)9-19-12)10-4-3-5-13(6-10)20(2,17)18/h3-7,9,14,16H,8H2,1-2H3. The van der Waals surface area contributed by atoms with Crippen LogP contribution in [0, 0.1) is 0 Å². The van der Waals surface area contributed by atoms with E-state index in [-0.39, 0.29) is 6.04 Å². The largest absolute Gasteiger partial charge is 0.313 e. The fourth-order valence-electron chi connectivity index (χ4n) is 2.01. The topological polar surface area (TPSA) is 46.2 Å². The summed E-state index contributed by atoms with van der Waals surface area (Å²) in [6.45, 7) is 0. The van der Waals surface area contributed by atoms with E-state index in [0.29, 0.717) is 4.90 Å². The van der Waals surface area contributed by atoms with Crippen molar-refractivity contribution in [3.05, 3.63) is 50.6 Å². The number of likely N-dealkylation sites (N-methyl/N-ethyl adjacent to an activating group) is 1. The molecule has 0 saturated carbocycles. The van der Waals surface area contributed by atoms with E-state index in [2.05, 4.69) is 32.7 Å². The maximum absolute atomic E-state index is 11.6.